The molecule has 0 aliphatic heterocycles. The number of carbonyl (C=O) groups is 1. The van der Waals surface area contributed by atoms with Gasteiger partial charge in [-0.05, 0) is 32.0 Å². The second-order valence-electron chi connectivity index (χ2n) is 6.75. The summed E-state index contributed by atoms with van der Waals surface area (Å²) >= 11 is 1.49. The smallest absolute Gasteiger partial charge is 0.258 e. The van der Waals surface area contributed by atoms with E-state index >= 15 is 0 Å². The van der Waals surface area contributed by atoms with Crippen molar-refractivity contribution in [3.05, 3.63) is 58.1 Å². The highest BCUT2D eigenvalue weighted by molar-refractivity contribution is 8.00. The van der Waals surface area contributed by atoms with Crippen LogP contribution in [0, 0.1) is 6.92 Å². The van der Waals surface area contributed by atoms with Crippen molar-refractivity contribution in [1.29, 1.82) is 0 Å². The Hall–Kier alpha value is -3.00. The van der Waals surface area contributed by atoms with E-state index in [9.17, 15) is 9.59 Å². The van der Waals surface area contributed by atoms with Crippen LogP contribution in [0.15, 0.2) is 46.1 Å². The maximum atomic E-state index is 12.7. The molecule has 3 rings (SSSR count). The molecular formula is C22H25N3O4S. The summed E-state index contributed by atoms with van der Waals surface area (Å²) in [5, 5.41) is 0.403. The first kappa shape index (κ1) is 21.7. The van der Waals surface area contributed by atoms with E-state index in [0.717, 1.165) is 4.90 Å². The summed E-state index contributed by atoms with van der Waals surface area (Å²) in [4.78, 5) is 35.3. The van der Waals surface area contributed by atoms with Gasteiger partial charge in [0.1, 0.15) is 5.82 Å². The third kappa shape index (κ3) is 4.94. The quantitative estimate of drug-likeness (QED) is 0.555. The molecule has 0 spiro atoms. The minimum absolute atomic E-state index is 0.0156. The summed E-state index contributed by atoms with van der Waals surface area (Å²) in [7, 11) is 3.04. The van der Waals surface area contributed by atoms with Crippen LogP contribution in [0.4, 0.5) is 0 Å². The van der Waals surface area contributed by atoms with Crippen LogP contribution in [0.2, 0.25) is 0 Å². The zero-order valence-corrected chi connectivity index (χ0v) is 18.3. The summed E-state index contributed by atoms with van der Waals surface area (Å²) in [6.07, 6.45) is 0. The van der Waals surface area contributed by atoms with Crippen LogP contribution in [0.5, 0.6) is 11.5 Å². The number of fused-ring (bicyclic) bond motifs is 1. The minimum atomic E-state index is -0.284. The van der Waals surface area contributed by atoms with E-state index in [4.69, 9.17) is 9.47 Å². The third-order valence-corrected chi connectivity index (χ3v) is 5.71. The predicted octanol–water partition coefficient (Wildman–Crippen LogP) is 3.39. The van der Waals surface area contributed by atoms with Crippen LogP contribution < -0.4 is 15.0 Å². The first-order chi connectivity index (χ1) is 14.4. The van der Waals surface area contributed by atoms with Crippen molar-refractivity contribution < 1.29 is 14.3 Å². The first-order valence-electron chi connectivity index (χ1n) is 9.57. The van der Waals surface area contributed by atoms with Crippen LogP contribution in [0.25, 0.3) is 10.9 Å². The Labute approximate surface area is 179 Å². The van der Waals surface area contributed by atoms with Gasteiger partial charge in [0.05, 0.1) is 37.4 Å². The van der Waals surface area contributed by atoms with E-state index in [1.165, 1.54) is 31.5 Å². The van der Waals surface area contributed by atoms with E-state index in [0.29, 0.717) is 40.5 Å². The number of H-pyrrole nitrogens is 1. The van der Waals surface area contributed by atoms with Gasteiger partial charge in [-0.3, -0.25) is 9.59 Å². The van der Waals surface area contributed by atoms with Crippen molar-refractivity contribution in [3.8, 4) is 11.5 Å². The monoisotopic (exact) mass is 427 g/mol. The molecule has 1 heterocycles. The topological polar surface area (TPSA) is 84.5 Å². The highest BCUT2D eigenvalue weighted by Crippen LogP contribution is 2.30. The number of amides is 1. The van der Waals surface area contributed by atoms with Crippen LogP contribution in [-0.4, -0.2) is 47.3 Å². The number of rotatable bonds is 8. The van der Waals surface area contributed by atoms with E-state index in [1.807, 2.05) is 38.1 Å². The highest BCUT2D eigenvalue weighted by Gasteiger charge is 2.16. The second kappa shape index (κ2) is 9.67. The van der Waals surface area contributed by atoms with Crippen molar-refractivity contribution in [2.24, 2.45) is 0 Å². The van der Waals surface area contributed by atoms with Gasteiger partial charge in [-0.1, -0.05) is 17.7 Å². The van der Waals surface area contributed by atoms with Gasteiger partial charge in [0.2, 0.25) is 5.91 Å². The van der Waals surface area contributed by atoms with Gasteiger partial charge >= 0.3 is 0 Å². The molecule has 1 N–H and O–H groups in total. The number of carbonyl (C=O) groups excluding carboxylic acids is 1. The average Bonchev–Trinajstić information content (AvgIpc) is 2.76. The standard InChI is InChI=1S/C22H25N3O4S/c1-5-25(21(26)13-30-15-8-6-14(2)7-9-15)12-20-23-17-11-19(29-4)18(28-3)10-16(17)22(27)24-20/h6-11H,5,12-13H2,1-4H3,(H,23,24,27). The SMILES string of the molecule is CCN(Cc1nc2cc(OC)c(OC)cc2c(=O)[nH]1)C(=O)CSc1ccc(C)cc1. The maximum Gasteiger partial charge on any atom is 0.258 e. The van der Waals surface area contributed by atoms with Crippen LogP contribution in [0.1, 0.15) is 18.3 Å². The lowest BCUT2D eigenvalue weighted by molar-refractivity contribution is -0.128. The van der Waals surface area contributed by atoms with Crippen LogP contribution in [0.3, 0.4) is 0 Å². The molecule has 3 aromatic rings. The lowest BCUT2D eigenvalue weighted by Crippen LogP contribution is -2.33. The van der Waals surface area contributed by atoms with Gasteiger partial charge in [-0.25, -0.2) is 4.98 Å². The molecule has 1 amide bonds. The normalized spacial score (nSPS) is 10.8. The van der Waals surface area contributed by atoms with Crippen molar-refractivity contribution in [1.82, 2.24) is 14.9 Å². The first-order valence-corrected chi connectivity index (χ1v) is 10.6. The fraction of sp³-hybridized carbons (Fsp3) is 0.318. The Balaban J connectivity index is 1.77. The Morgan fingerprint density at radius 1 is 1.13 bits per heavy atom. The lowest BCUT2D eigenvalue weighted by Gasteiger charge is -2.20. The third-order valence-electron chi connectivity index (χ3n) is 4.72. The molecule has 158 valence electrons. The molecule has 0 bridgehead atoms. The van der Waals surface area contributed by atoms with Gasteiger partial charge in [-0.15, -0.1) is 11.8 Å². The average molecular weight is 428 g/mol. The molecule has 1 aromatic heterocycles. The number of benzene rings is 2. The number of aromatic amines is 1. The lowest BCUT2D eigenvalue weighted by atomic mass is 10.2. The molecule has 0 radical (unpaired) electrons. The number of aryl methyl sites for hydroxylation is 1. The fourth-order valence-corrected chi connectivity index (χ4v) is 3.82. The maximum absolute atomic E-state index is 12.7. The Morgan fingerprint density at radius 3 is 2.43 bits per heavy atom. The summed E-state index contributed by atoms with van der Waals surface area (Å²) < 4.78 is 10.6. The zero-order valence-electron chi connectivity index (χ0n) is 17.5. The molecule has 0 saturated heterocycles. The Morgan fingerprint density at radius 2 is 1.80 bits per heavy atom. The largest absolute Gasteiger partial charge is 0.493 e. The van der Waals surface area contributed by atoms with Crippen molar-refractivity contribution >= 4 is 28.6 Å². The van der Waals surface area contributed by atoms with E-state index in [-0.39, 0.29) is 18.0 Å². The molecule has 0 fully saturated rings. The minimum Gasteiger partial charge on any atom is -0.493 e. The van der Waals surface area contributed by atoms with Crippen LogP contribution in [-0.2, 0) is 11.3 Å². The highest BCUT2D eigenvalue weighted by atomic mass is 32.2. The Bertz CT molecular complexity index is 1100. The fourth-order valence-electron chi connectivity index (χ4n) is 3.02. The number of aromatic nitrogens is 2. The van der Waals surface area contributed by atoms with Gasteiger partial charge in [-0.2, -0.15) is 0 Å². The molecule has 2 aromatic carbocycles. The number of methoxy groups -OCH3 is 2. The second-order valence-corrected chi connectivity index (χ2v) is 7.80. The van der Waals surface area contributed by atoms with Gasteiger partial charge in [0.15, 0.2) is 11.5 Å². The molecular weight excluding hydrogens is 402 g/mol. The Kier molecular flexibility index (Phi) is 6.99. The molecule has 0 saturated carbocycles. The van der Waals surface area contributed by atoms with Gasteiger partial charge < -0.3 is 19.4 Å². The predicted molar refractivity (Wildman–Crippen MR) is 118 cm³/mol. The molecule has 7 nitrogen and oxygen atoms in total. The molecule has 0 aliphatic rings. The zero-order chi connectivity index (χ0) is 21.7. The number of thioether (sulfide) groups is 1. The van der Waals surface area contributed by atoms with Gasteiger partial charge in [0, 0.05) is 17.5 Å². The molecule has 0 aliphatic carbocycles. The van der Waals surface area contributed by atoms with E-state index in [2.05, 4.69) is 9.97 Å². The summed E-state index contributed by atoms with van der Waals surface area (Å²) in [5.41, 5.74) is 1.39. The van der Waals surface area contributed by atoms with Crippen molar-refractivity contribution in [2.45, 2.75) is 25.3 Å². The number of ether oxygens (including phenoxy) is 2. The molecule has 0 unspecified atom stereocenters. The number of nitrogens with zero attached hydrogens (tertiary/aromatic N) is 2. The molecule has 30 heavy (non-hydrogen) atoms. The summed E-state index contributed by atoms with van der Waals surface area (Å²) in [5.74, 6) is 1.68. The number of hydrogen-bond acceptors (Lipinski definition) is 6. The van der Waals surface area contributed by atoms with E-state index < -0.39 is 0 Å². The summed E-state index contributed by atoms with van der Waals surface area (Å²) in [6, 6.07) is 11.3. The molecule has 8 heteroatoms. The van der Waals surface area contributed by atoms with Gasteiger partial charge in [0.25, 0.3) is 5.56 Å². The van der Waals surface area contributed by atoms with Crippen molar-refractivity contribution in [3.63, 3.8) is 0 Å². The van der Waals surface area contributed by atoms with E-state index in [1.54, 1.807) is 17.0 Å². The van der Waals surface area contributed by atoms with Crippen LogP contribution >= 0.6 is 11.8 Å². The molecule has 0 atom stereocenters. The number of nitrogens with one attached hydrogen (secondary N) is 1. The summed E-state index contributed by atoms with van der Waals surface area (Å²) in [6.45, 7) is 4.67. The van der Waals surface area contributed by atoms with Crippen molar-refractivity contribution in [2.75, 3.05) is 26.5 Å². The number of hydrogen-bond donors (Lipinski definition) is 1.